The average molecular weight is 377 g/mol. The predicted molar refractivity (Wildman–Crippen MR) is 99.9 cm³/mol. The number of sulfonamides is 1. The summed E-state index contributed by atoms with van der Waals surface area (Å²) in [5.74, 6) is -0.573. The number of rotatable bonds is 2. The monoisotopic (exact) mass is 376 g/mol. The molecule has 2 aromatic carbocycles. The van der Waals surface area contributed by atoms with Crippen LogP contribution in [0.15, 0.2) is 53.4 Å². The van der Waals surface area contributed by atoms with E-state index in [0.717, 1.165) is 4.31 Å². The molecular formula is C18H17ClN2O3S. The zero-order valence-electron chi connectivity index (χ0n) is 14.0. The van der Waals surface area contributed by atoms with Crippen molar-refractivity contribution in [2.24, 2.45) is 0 Å². The number of likely N-dealkylation sites (N-methyl/N-ethyl adjacent to an activating group) is 1. The molecule has 2 aromatic rings. The Balaban J connectivity index is 2.48. The number of nitrogens with zero attached hydrogens (tertiary/aromatic N) is 2. The summed E-state index contributed by atoms with van der Waals surface area (Å²) in [6.45, 7) is 0. The van der Waals surface area contributed by atoms with Crippen molar-refractivity contribution < 1.29 is 13.2 Å². The van der Waals surface area contributed by atoms with Crippen molar-refractivity contribution >= 4 is 38.8 Å². The third-order valence-corrected chi connectivity index (χ3v) is 6.12. The fourth-order valence-corrected chi connectivity index (χ4v) is 4.57. The van der Waals surface area contributed by atoms with Crippen molar-refractivity contribution in [2.75, 3.05) is 25.4 Å². The molecule has 0 unspecified atom stereocenters. The van der Waals surface area contributed by atoms with Crippen molar-refractivity contribution in [2.45, 2.75) is 0 Å². The lowest BCUT2D eigenvalue weighted by Crippen LogP contribution is -2.39. The Morgan fingerprint density at radius 1 is 1.08 bits per heavy atom. The Morgan fingerprint density at radius 2 is 1.72 bits per heavy atom. The number of hydrogen-bond donors (Lipinski definition) is 0. The minimum Gasteiger partial charge on any atom is -0.344 e. The van der Waals surface area contributed by atoms with E-state index in [0.29, 0.717) is 27.4 Å². The van der Waals surface area contributed by atoms with Crippen LogP contribution in [-0.4, -0.2) is 40.4 Å². The topological polar surface area (TPSA) is 57.7 Å². The lowest BCUT2D eigenvalue weighted by Gasteiger charge is -2.31. The molecule has 0 aromatic heterocycles. The van der Waals surface area contributed by atoms with Crippen LogP contribution in [0.2, 0.25) is 5.02 Å². The molecule has 5 nitrogen and oxygen atoms in total. The number of hydrogen-bond acceptors (Lipinski definition) is 3. The number of carbonyl (C=O) groups excluding carboxylic acids is 1. The van der Waals surface area contributed by atoms with Crippen molar-refractivity contribution in [3.63, 3.8) is 0 Å². The fourth-order valence-electron chi connectivity index (χ4n) is 2.81. The zero-order chi connectivity index (χ0) is 18.4. The van der Waals surface area contributed by atoms with Crippen LogP contribution in [0.3, 0.4) is 0 Å². The van der Waals surface area contributed by atoms with E-state index in [1.807, 2.05) is 6.07 Å². The predicted octanol–water partition coefficient (Wildman–Crippen LogP) is 2.97. The van der Waals surface area contributed by atoms with Crippen LogP contribution in [-0.2, 0) is 14.8 Å². The molecule has 0 spiro atoms. The highest BCUT2D eigenvalue weighted by atomic mass is 35.5. The highest BCUT2D eigenvalue weighted by molar-refractivity contribution is 7.97. The molecule has 0 radical (unpaired) electrons. The fraction of sp³-hybridized carbons (Fsp3) is 0.167. The van der Waals surface area contributed by atoms with Gasteiger partial charge in [-0.15, -0.1) is 0 Å². The molecule has 1 heterocycles. The highest BCUT2D eigenvalue weighted by Gasteiger charge is 2.40. The number of benzene rings is 2. The van der Waals surface area contributed by atoms with Crippen LogP contribution >= 0.6 is 11.6 Å². The summed E-state index contributed by atoms with van der Waals surface area (Å²) < 4.78 is 27.3. The van der Waals surface area contributed by atoms with Crippen LogP contribution < -0.4 is 4.31 Å². The van der Waals surface area contributed by atoms with Gasteiger partial charge in [-0.2, -0.15) is 0 Å². The second kappa shape index (κ2) is 6.20. The molecule has 1 aliphatic heterocycles. The Labute approximate surface area is 152 Å². The normalized spacial score (nSPS) is 15.8. The Bertz CT molecular complexity index is 983. The quantitative estimate of drug-likeness (QED) is 0.809. The second-order valence-corrected chi connectivity index (χ2v) is 8.25. The van der Waals surface area contributed by atoms with E-state index in [2.05, 4.69) is 0 Å². The molecule has 0 atom stereocenters. The van der Waals surface area contributed by atoms with Crippen LogP contribution in [0, 0.1) is 0 Å². The smallest absolute Gasteiger partial charge is 0.270 e. The van der Waals surface area contributed by atoms with Crippen molar-refractivity contribution in [1.82, 2.24) is 4.90 Å². The van der Waals surface area contributed by atoms with Crippen molar-refractivity contribution in [1.29, 1.82) is 0 Å². The Kier molecular flexibility index (Phi) is 4.34. The van der Waals surface area contributed by atoms with Gasteiger partial charge >= 0.3 is 0 Å². The Hall–Kier alpha value is -2.31. The molecule has 0 saturated heterocycles. The number of fused-ring (bicyclic) bond motifs is 1. The van der Waals surface area contributed by atoms with Crippen LogP contribution in [0.25, 0.3) is 5.57 Å². The van der Waals surface area contributed by atoms with Crippen LogP contribution in [0.5, 0.6) is 0 Å². The molecule has 0 saturated carbocycles. The van der Waals surface area contributed by atoms with Gasteiger partial charge in [-0.25, -0.2) is 8.42 Å². The number of anilines is 1. The van der Waals surface area contributed by atoms with Gasteiger partial charge in [0, 0.05) is 37.3 Å². The van der Waals surface area contributed by atoms with Crippen LogP contribution in [0.1, 0.15) is 11.1 Å². The lowest BCUT2D eigenvalue weighted by molar-refractivity contribution is -0.123. The molecule has 1 aliphatic rings. The van der Waals surface area contributed by atoms with Gasteiger partial charge in [0.05, 0.1) is 5.69 Å². The number of amides is 1. The van der Waals surface area contributed by atoms with E-state index in [4.69, 9.17) is 11.6 Å². The van der Waals surface area contributed by atoms with Gasteiger partial charge in [0.1, 0.15) is 0 Å². The van der Waals surface area contributed by atoms with E-state index in [1.165, 1.54) is 26.0 Å². The maximum atomic E-state index is 13.1. The molecule has 0 fully saturated rings. The van der Waals surface area contributed by atoms with Gasteiger partial charge in [-0.3, -0.25) is 9.10 Å². The first kappa shape index (κ1) is 17.5. The van der Waals surface area contributed by atoms with E-state index < -0.39 is 15.9 Å². The lowest BCUT2D eigenvalue weighted by atomic mass is 9.95. The minimum absolute atomic E-state index is 0.249. The second-order valence-electron chi connectivity index (χ2n) is 5.90. The van der Waals surface area contributed by atoms with E-state index >= 15 is 0 Å². The molecule has 0 aliphatic carbocycles. The first-order chi connectivity index (χ1) is 11.7. The summed E-state index contributed by atoms with van der Waals surface area (Å²) in [5.41, 5.74) is 2.11. The molecule has 7 heteroatoms. The summed E-state index contributed by atoms with van der Waals surface area (Å²) in [4.78, 5) is 13.8. The zero-order valence-corrected chi connectivity index (χ0v) is 15.6. The molecule has 130 valence electrons. The third kappa shape index (κ3) is 2.81. The van der Waals surface area contributed by atoms with Crippen molar-refractivity contribution in [3.8, 4) is 0 Å². The summed E-state index contributed by atoms with van der Waals surface area (Å²) in [6.07, 6.45) is 0. The Morgan fingerprint density at radius 3 is 2.32 bits per heavy atom. The van der Waals surface area contributed by atoms with Gasteiger partial charge in [-0.1, -0.05) is 41.9 Å². The van der Waals surface area contributed by atoms with Gasteiger partial charge < -0.3 is 4.90 Å². The molecule has 0 N–H and O–H groups in total. The average Bonchev–Trinajstić information content (AvgIpc) is 2.58. The first-order valence-corrected chi connectivity index (χ1v) is 9.37. The first-order valence-electron chi connectivity index (χ1n) is 7.55. The standard InChI is InChI=1S/C18H17ClN2O3S/c1-20(2)18(22)17-16(12-7-5-4-6-8-12)14-11-13(19)9-10-15(14)21(3)25(17,23)24/h4-11H,1-3H3. The van der Waals surface area contributed by atoms with Gasteiger partial charge in [0.2, 0.25) is 0 Å². The summed E-state index contributed by atoms with van der Waals surface area (Å²) in [6, 6.07) is 14.0. The number of halogens is 1. The van der Waals surface area contributed by atoms with E-state index in [1.54, 1.807) is 42.5 Å². The summed E-state index contributed by atoms with van der Waals surface area (Å²) in [5, 5.41) is 0.469. The van der Waals surface area contributed by atoms with E-state index in [9.17, 15) is 13.2 Å². The van der Waals surface area contributed by atoms with Gasteiger partial charge in [-0.05, 0) is 23.8 Å². The molecule has 3 rings (SSSR count). The third-order valence-electron chi connectivity index (χ3n) is 4.08. The molecular weight excluding hydrogens is 360 g/mol. The highest BCUT2D eigenvalue weighted by Crippen LogP contribution is 2.43. The summed E-state index contributed by atoms with van der Waals surface area (Å²) >= 11 is 6.15. The van der Waals surface area contributed by atoms with Gasteiger partial charge in [0.15, 0.2) is 4.91 Å². The van der Waals surface area contributed by atoms with Gasteiger partial charge in [0.25, 0.3) is 15.9 Å². The largest absolute Gasteiger partial charge is 0.344 e. The molecule has 0 bridgehead atoms. The maximum absolute atomic E-state index is 13.1. The maximum Gasteiger partial charge on any atom is 0.270 e. The van der Waals surface area contributed by atoms with Crippen molar-refractivity contribution in [3.05, 3.63) is 69.6 Å². The van der Waals surface area contributed by atoms with Crippen LogP contribution in [0.4, 0.5) is 5.69 Å². The minimum atomic E-state index is -3.99. The molecule has 25 heavy (non-hydrogen) atoms. The molecule has 1 amide bonds. The SMILES string of the molecule is CN(C)C(=O)C1=C(c2ccccc2)c2cc(Cl)ccc2N(C)S1(=O)=O. The number of carbonyl (C=O) groups is 1. The van der Waals surface area contributed by atoms with E-state index in [-0.39, 0.29) is 4.91 Å². The summed E-state index contributed by atoms with van der Waals surface area (Å²) in [7, 11) is 0.503.